The minimum atomic E-state index is -0.534. The molecule has 0 amide bonds. The number of aliphatic hydroxyl groups is 1. The van der Waals surface area contributed by atoms with Crippen molar-refractivity contribution in [3.63, 3.8) is 0 Å². The summed E-state index contributed by atoms with van der Waals surface area (Å²) in [5, 5.41) is 9.73. The number of aliphatic hydroxyl groups excluding tert-OH is 1. The zero-order valence-electron chi connectivity index (χ0n) is 14.4. The Morgan fingerprint density at radius 1 is 1.14 bits per heavy atom. The van der Waals surface area contributed by atoms with Gasteiger partial charge < -0.3 is 20.1 Å². The second-order valence-electron chi connectivity index (χ2n) is 7.03. The van der Waals surface area contributed by atoms with Gasteiger partial charge in [-0.05, 0) is 63.7 Å². The molecule has 1 aromatic rings. The lowest BCUT2D eigenvalue weighted by molar-refractivity contribution is 0.00578. The molecule has 0 aromatic heterocycles. The van der Waals surface area contributed by atoms with Crippen LogP contribution < -0.4 is 5.73 Å². The fraction of sp³-hybridized carbons (Fsp3) is 0.529. The van der Waals surface area contributed by atoms with Crippen LogP contribution in [-0.2, 0) is 9.31 Å². The summed E-state index contributed by atoms with van der Waals surface area (Å²) in [6.45, 7) is 11.8. The minimum Gasteiger partial charge on any atom is -0.400 e. The van der Waals surface area contributed by atoms with Crippen LogP contribution in [0.4, 0.5) is 5.69 Å². The Bertz CT molecular complexity index is 569. The zero-order valence-corrected chi connectivity index (χ0v) is 14.4. The fourth-order valence-corrected chi connectivity index (χ4v) is 2.49. The monoisotopic (exact) mass is 303 g/mol. The number of aryl methyl sites for hydroxylation is 2. The SMILES string of the molecule is Cc1cc(C=C(CO)B2OC(C)(C)C(C)(C)O2)cc(C)c1N. The molecule has 2 rings (SSSR count). The molecule has 0 aliphatic carbocycles. The molecule has 1 aliphatic heterocycles. The van der Waals surface area contributed by atoms with Crippen molar-refractivity contribution in [3.8, 4) is 0 Å². The summed E-state index contributed by atoms with van der Waals surface area (Å²) in [4.78, 5) is 0. The number of anilines is 1. The molecule has 0 unspecified atom stereocenters. The number of hydrogen-bond acceptors (Lipinski definition) is 4. The topological polar surface area (TPSA) is 64.7 Å². The molecule has 1 heterocycles. The lowest BCUT2D eigenvalue weighted by Gasteiger charge is -2.32. The van der Waals surface area contributed by atoms with Crippen molar-refractivity contribution < 1.29 is 14.4 Å². The van der Waals surface area contributed by atoms with Crippen molar-refractivity contribution in [2.75, 3.05) is 12.3 Å². The number of benzene rings is 1. The van der Waals surface area contributed by atoms with E-state index in [0.29, 0.717) is 5.47 Å². The van der Waals surface area contributed by atoms with Crippen molar-refractivity contribution in [3.05, 3.63) is 34.3 Å². The maximum Gasteiger partial charge on any atom is 0.492 e. The van der Waals surface area contributed by atoms with Crippen LogP contribution in [0, 0.1) is 13.8 Å². The van der Waals surface area contributed by atoms with Crippen molar-refractivity contribution in [2.24, 2.45) is 0 Å². The Morgan fingerprint density at radius 3 is 2.00 bits per heavy atom. The molecule has 3 N–H and O–H groups in total. The van der Waals surface area contributed by atoms with Gasteiger partial charge in [0.25, 0.3) is 0 Å². The van der Waals surface area contributed by atoms with E-state index in [1.165, 1.54) is 0 Å². The first-order valence-electron chi connectivity index (χ1n) is 7.61. The van der Waals surface area contributed by atoms with E-state index in [1.807, 2.05) is 59.8 Å². The van der Waals surface area contributed by atoms with E-state index in [2.05, 4.69) is 0 Å². The van der Waals surface area contributed by atoms with Gasteiger partial charge in [-0.2, -0.15) is 0 Å². The first kappa shape index (κ1) is 17.1. The highest BCUT2D eigenvalue weighted by molar-refractivity contribution is 6.55. The van der Waals surface area contributed by atoms with E-state index in [1.54, 1.807) is 0 Å². The minimum absolute atomic E-state index is 0.112. The molecule has 5 heteroatoms. The highest BCUT2D eigenvalue weighted by Crippen LogP contribution is 2.38. The van der Waals surface area contributed by atoms with E-state index in [4.69, 9.17) is 15.0 Å². The molecule has 0 saturated carbocycles. The normalized spacial score (nSPS) is 20.5. The maximum atomic E-state index is 9.73. The van der Waals surface area contributed by atoms with Crippen molar-refractivity contribution in [2.45, 2.75) is 52.7 Å². The summed E-state index contributed by atoms with van der Waals surface area (Å²) < 4.78 is 12.0. The Labute approximate surface area is 133 Å². The molecule has 0 atom stereocenters. The van der Waals surface area contributed by atoms with Crippen molar-refractivity contribution >= 4 is 18.9 Å². The van der Waals surface area contributed by atoms with Gasteiger partial charge in [0.2, 0.25) is 0 Å². The molecular weight excluding hydrogens is 277 g/mol. The second-order valence-corrected chi connectivity index (χ2v) is 7.03. The molecule has 1 aliphatic rings. The number of rotatable bonds is 3. The van der Waals surface area contributed by atoms with Gasteiger partial charge in [-0.15, -0.1) is 0 Å². The standard InChI is InChI=1S/C17H26BNO3/c1-11-7-13(8-12(2)15(11)19)9-14(10-20)18-21-16(3,4)17(5,6)22-18/h7-9,20H,10,19H2,1-6H3. The fourth-order valence-electron chi connectivity index (χ4n) is 2.49. The summed E-state index contributed by atoms with van der Waals surface area (Å²) in [6, 6.07) is 4.01. The van der Waals surface area contributed by atoms with Gasteiger partial charge in [0.1, 0.15) is 0 Å². The van der Waals surface area contributed by atoms with Gasteiger partial charge in [-0.3, -0.25) is 0 Å². The third kappa shape index (κ3) is 3.07. The summed E-state index contributed by atoms with van der Waals surface area (Å²) >= 11 is 0. The molecule has 1 fully saturated rings. The smallest absolute Gasteiger partial charge is 0.400 e. The van der Waals surface area contributed by atoms with Gasteiger partial charge in [0, 0.05) is 5.69 Å². The molecule has 1 saturated heterocycles. The van der Waals surface area contributed by atoms with Crippen LogP contribution in [0.3, 0.4) is 0 Å². The summed E-state index contributed by atoms with van der Waals surface area (Å²) in [5.74, 6) is 0. The zero-order chi connectivity index (χ0) is 16.7. The van der Waals surface area contributed by atoms with Crippen molar-refractivity contribution in [1.82, 2.24) is 0 Å². The Hall–Kier alpha value is -1.30. The van der Waals surface area contributed by atoms with Crippen LogP contribution in [0.2, 0.25) is 0 Å². The molecule has 1 aromatic carbocycles. The summed E-state index contributed by atoms with van der Waals surface area (Å²) in [7, 11) is -0.534. The third-order valence-corrected chi connectivity index (χ3v) is 4.71. The quantitative estimate of drug-likeness (QED) is 0.665. The van der Waals surface area contributed by atoms with Gasteiger partial charge in [-0.1, -0.05) is 18.2 Å². The molecule has 0 radical (unpaired) electrons. The number of hydrogen-bond donors (Lipinski definition) is 2. The maximum absolute atomic E-state index is 9.73. The lowest BCUT2D eigenvalue weighted by atomic mass is 9.77. The Kier molecular flexibility index (Phi) is 4.44. The second kappa shape index (κ2) is 5.72. The summed E-state index contributed by atoms with van der Waals surface area (Å²) in [6.07, 6.45) is 1.92. The average Bonchev–Trinajstić information content (AvgIpc) is 2.61. The van der Waals surface area contributed by atoms with Crippen LogP contribution in [-0.4, -0.2) is 30.0 Å². The first-order chi connectivity index (χ1) is 10.1. The number of nitrogens with two attached hydrogens (primary N) is 1. The van der Waals surface area contributed by atoms with E-state index >= 15 is 0 Å². The van der Waals surface area contributed by atoms with Crippen LogP contribution in [0.25, 0.3) is 6.08 Å². The average molecular weight is 303 g/mol. The highest BCUT2D eigenvalue weighted by Gasteiger charge is 2.52. The predicted octanol–water partition coefficient (Wildman–Crippen LogP) is 2.89. The van der Waals surface area contributed by atoms with Crippen LogP contribution in [0.5, 0.6) is 0 Å². The largest absolute Gasteiger partial charge is 0.492 e. The van der Waals surface area contributed by atoms with E-state index in [0.717, 1.165) is 22.4 Å². The van der Waals surface area contributed by atoms with E-state index in [-0.39, 0.29) is 6.61 Å². The van der Waals surface area contributed by atoms with Crippen LogP contribution >= 0.6 is 0 Å². The van der Waals surface area contributed by atoms with Crippen LogP contribution in [0.1, 0.15) is 44.4 Å². The van der Waals surface area contributed by atoms with Gasteiger partial charge in [-0.25, -0.2) is 0 Å². The molecule has 4 nitrogen and oxygen atoms in total. The Morgan fingerprint density at radius 2 is 1.59 bits per heavy atom. The number of nitrogen functional groups attached to an aromatic ring is 1. The van der Waals surface area contributed by atoms with Gasteiger partial charge >= 0.3 is 7.12 Å². The first-order valence-corrected chi connectivity index (χ1v) is 7.61. The molecule has 0 bridgehead atoms. The van der Waals surface area contributed by atoms with Crippen LogP contribution in [0.15, 0.2) is 17.6 Å². The third-order valence-electron chi connectivity index (χ3n) is 4.71. The van der Waals surface area contributed by atoms with Crippen molar-refractivity contribution in [1.29, 1.82) is 0 Å². The van der Waals surface area contributed by atoms with Gasteiger partial charge in [0.05, 0.1) is 17.8 Å². The molecule has 120 valence electrons. The van der Waals surface area contributed by atoms with E-state index < -0.39 is 18.3 Å². The highest BCUT2D eigenvalue weighted by atomic mass is 16.7. The molecule has 22 heavy (non-hydrogen) atoms. The molecular formula is C17H26BNO3. The Balaban J connectivity index is 2.34. The lowest BCUT2D eigenvalue weighted by Crippen LogP contribution is -2.41. The predicted molar refractivity (Wildman–Crippen MR) is 91.5 cm³/mol. The summed E-state index contributed by atoms with van der Waals surface area (Å²) in [5.41, 5.74) is 9.71. The van der Waals surface area contributed by atoms with E-state index in [9.17, 15) is 5.11 Å². The van der Waals surface area contributed by atoms with Gasteiger partial charge in [0.15, 0.2) is 0 Å². The molecule has 0 spiro atoms.